The summed E-state index contributed by atoms with van der Waals surface area (Å²) in [6.07, 6.45) is -8.95. The van der Waals surface area contributed by atoms with Gasteiger partial charge in [0, 0.05) is 4.90 Å². The lowest BCUT2D eigenvalue weighted by Crippen LogP contribution is -2.24. The summed E-state index contributed by atoms with van der Waals surface area (Å²) < 4.78 is 74.0. The Morgan fingerprint density at radius 2 is 1.68 bits per heavy atom. The second kappa shape index (κ2) is 10.1. The molecule has 1 aromatic heterocycles. The summed E-state index contributed by atoms with van der Waals surface area (Å²) in [5.74, 6) is -1.65. The molecule has 10 heteroatoms. The molecule has 0 saturated heterocycles. The van der Waals surface area contributed by atoms with Crippen molar-refractivity contribution in [2.24, 2.45) is 5.92 Å². The third-order valence-electron chi connectivity index (χ3n) is 4.96. The van der Waals surface area contributed by atoms with E-state index in [0.29, 0.717) is 22.0 Å². The number of carbonyl (C=O) groups excluding carboxylic acids is 2. The number of methoxy groups -OCH3 is 1. The van der Waals surface area contributed by atoms with Gasteiger partial charge in [-0.05, 0) is 46.5 Å². The van der Waals surface area contributed by atoms with Crippen molar-refractivity contribution in [3.05, 3.63) is 70.5 Å². The van der Waals surface area contributed by atoms with Gasteiger partial charge in [-0.3, -0.25) is 4.79 Å². The molecule has 0 radical (unpaired) electrons. The average Bonchev–Trinajstić information content (AvgIpc) is 2.76. The molecule has 0 amide bonds. The summed E-state index contributed by atoms with van der Waals surface area (Å²) in [5.41, 5.74) is -5.27. The normalized spacial score (nSPS) is 11.9. The first-order valence-corrected chi connectivity index (χ1v) is 11.0. The second-order valence-electron chi connectivity index (χ2n) is 7.83. The molecule has 3 rings (SSSR count). The topological polar surface area (TPSA) is 56.3 Å². The fraction of sp³-hybridized carbons (Fsp3) is 0.292. The van der Waals surface area contributed by atoms with E-state index < -0.39 is 51.8 Å². The van der Waals surface area contributed by atoms with Crippen molar-refractivity contribution < 1.29 is 36.3 Å². The number of pyridine rings is 1. The Morgan fingerprint density at radius 1 is 1.03 bits per heavy atom. The van der Waals surface area contributed by atoms with Gasteiger partial charge in [0.2, 0.25) is 5.12 Å². The zero-order valence-corrected chi connectivity index (χ0v) is 19.2. The molecule has 34 heavy (non-hydrogen) atoms. The van der Waals surface area contributed by atoms with E-state index in [2.05, 4.69) is 9.72 Å². The third kappa shape index (κ3) is 5.22. The minimum absolute atomic E-state index is 0.243. The van der Waals surface area contributed by atoms with Crippen molar-refractivity contribution in [2.45, 2.75) is 37.8 Å². The fourth-order valence-corrected chi connectivity index (χ4v) is 4.58. The molecule has 180 valence electrons. The van der Waals surface area contributed by atoms with Crippen molar-refractivity contribution in [2.75, 3.05) is 7.11 Å². The van der Waals surface area contributed by atoms with Crippen LogP contribution in [-0.4, -0.2) is 23.2 Å². The number of nitrogens with zero attached hydrogens (tertiary/aromatic N) is 1. The summed E-state index contributed by atoms with van der Waals surface area (Å²) in [5, 5.41) is 0.339. The zero-order chi connectivity index (χ0) is 25.2. The minimum Gasteiger partial charge on any atom is -0.465 e. The Labute approximate surface area is 196 Å². The molecule has 0 aliphatic rings. The van der Waals surface area contributed by atoms with Gasteiger partial charge < -0.3 is 4.74 Å². The van der Waals surface area contributed by atoms with Crippen molar-refractivity contribution in [1.29, 1.82) is 0 Å². The maximum Gasteiger partial charge on any atom is 0.434 e. The number of halogens is 5. The molecule has 0 N–H and O–H groups in total. The van der Waals surface area contributed by atoms with Crippen LogP contribution in [0.3, 0.4) is 0 Å². The van der Waals surface area contributed by atoms with Crippen LogP contribution >= 0.6 is 11.8 Å². The molecule has 2 aromatic carbocycles. The number of fused-ring (bicyclic) bond motifs is 1. The van der Waals surface area contributed by atoms with Gasteiger partial charge in [0.25, 0.3) is 6.43 Å². The standard InChI is InChI=1S/C24H20F5NO3S/c1-12(2)11-15-17(22(31)33-3)19(21(25)26)30-20(24(27,28)29)18(15)23(32)34-16-10-6-8-13-7-4-5-9-14(13)16/h4-10,12,21H,11H2,1-3H3. The van der Waals surface area contributed by atoms with Crippen LogP contribution in [0.2, 0.25) is 0 Å². The van der Waals surface area contributed by atoms with Crippen LogP contribution in [0, 0.1) is 5.92 Å². The van der Waals surface area contributed by atoms with Gasteiger partial charge >= 0.3 is 12.1 Å². The van der Waals surface area contributed by atoms with E-state index in [1.807, 2.05) is 0 Å². The molecular weight excluding hydrogens is 477 g/mol. The Kier molecular flexibility index (Phi) is 7.60. The number of hydrogen-bond donors (Lipinski definition) is 0. The SMILES string of the molecule is COC(=O)c1c(C(F)F)nc(C(F)(F)F)c(C(=O)Sc2cccc3ccccc23)c1CC(C)C. The van der Waals surface area contributed by atoms with E-state index in [0.717, 1.165) is 12.5 Å². The van der Waals surface area contributed by atoms with Gasteiger partial charge in [-0.25, -0.2) is 18.6 Å². The van der Waals surface area contributed by atoms with Crippen molar-refractivity contribution in [3.8, 4) is 0 Å². The lowest BCUT2D eigenvalue weighted by molar-refractivity contribution is -0.141. The molecule has 0 aliphatic carbocycles. The molecular formula is C24H20F5NO3S. The number of hydrogen-bond acceptors (Lipinski definition) is 5. The van der Waals surface area contributed by atoms with Gasteiger partial charge in [0.15, 0.2) is 5.69 Å². The number of benzene rings is 2. The van der Waals surface area contributed by atoms with E-state index in [4.69, 9.17) is 0 Å². The second-order valence-corrected chi connectivity index (χ2v) is 8.84. The van der Waals surface area contributed by atoms with Crippen molar-refractivity contribution in [1.82, 2.24) is 4.98 Å². The Hall–Kier alpha value is -3.01. The molecule has 4 nitrogen and oxygen atoms in total. The first kappa shape index (κ1) is 25.6. The third-order valence-corrected chi connectivity index (χ3v) is 5.93. The smallest absolute Gasteiger partial charge is 0.434 e. The number of alkyl halides is 5. The summed E-state index contributed by atoms with van der Waals surface area (Å²) in [7, 11) is 0.917. The van der Waals surface area contributed by atoms with E-state index in [-0.39, 0.29) is 12.3 Å². The largest absolute Gasteiger partial charge is 0.465 e. The first-order valence-electron chi connectivity index (χ1n) is 10.2. The first-order chi connectivity index (χ1) is 16.0. The van der Waals surface area contributed by atoms with Crippen molar-refractivity contribution in [3.63, 3.8) is 0 Å². The van der Waals surface area contributed by atoms with Crippen LogP contribution in [0.4, 0.5) is 22.0 Å². The number of rotatable bonds is 6. The van der Waals surface area contributed by atoms with Gasteiger partial charge in [-0.2, -0.15) is 13.2 Å². The van der Waals surface area contributed by atoms with Crippen LogP contribution in [0.15, 0.2) is 47.4 Å². The molecule has 3 aromatic rings. The Balaban J connectivity index is 2.32. The summed E-state index contributed by atoms with van der Waals surface area (Å²) in [4.78, 5) is 29.2. The van der Waals surface area contributed by atoms with Crippen LogP contribution < -0.4 is 0 Å². The van der Waals surface area contributed by atoms with Gasteiger partial charge in [-0.1, -0.05) is 50.2 Å². The van der Waals surface area contributed by atoms with E-state index in [9.17, 15) is 31.5 Å². The number of carbonyl (C=O) groups is 2. The maximum absolute atomic E-state index is 14.0. The van der Waals surface area contributed by atoms with Gasteiger partial charge in [0.05, 0.1) is 18.2 Å². The zero-order valence-electron chi connectivity index (χ0n) is 18.4. The monoisotopic (exact) mass is 497 g/mol. The van der Waals surface area contributed by atoms with Crippen molar-refractivity contribution >= 4 is 33.6 Å². The highest BCUT2D eigenvalue weighted by atomic mass is 32.2. The van der Waals surface area contributed by atoms with Crippen LogP contribution in [0.5, 0.6) is 0 Å². The lowest BCUT2D eigenvalue weighted by Gasteiger charge is -2.21. The predicted octanol–water partition coefficient (Wildman–Crippen LogP) is 7.11. The van der Waals surface area contributed by atoms with Crippen LogP contribution in [0.25, 0.3) is 10.8 Å². The molecule has 0 unspecified atom stereocenters. The molecule has 0 atom stereocenters. The summed E-state index contributed by atoms with van der Waals surface area (Å²) in [6, 6.07) is 12.0. The van der Waals surface area contributed by atoms with Gasteiger partial charge in [0.1, 0.15) is 5.69 Å². The van der Waals surface area contributed by atoms with Crippen LogP contribution in [0.1, 0.15) is 57.9 Å². The molecule has 0 aliphatic heterocycles. The molecule has 0 fully saturated rings. The number of ether oxygens (including phenoxy) is 1. The summed E-state index contributed by atoms with van der Waals surface area (Å²) in [6.45, 7) is 3.26. The Morgan fingerprint density at radius 3 is 2.26 bits per heavy atom. The molecule has 0 bridgehead atoms. The maximum atomic E-state index is 14.0. The van der Waals surface area contributed by atoms with E-state index in [1.54, 1.807) is 56.3 Å². The van der Waals surface area contributed by atoms with Crippen LogP contribution in [-0.2, 0) is 17.3 Å². The minimum atomic E-state index is -5.21. The van der Waals surface area contributed by atoms with Gasteiger partial charge in [-0.15, -0.1) is 0 Å². The van der Waals surface area contributed by atoms with E-state index >= 15 is 0 Å². The number of esters is 1. The highest BCUT2D eigenvalue weighted by molar-refractivity contribution is 8.14. The fourth-order valence-electron chi connectivity index (χ4n) is 3.62. The molecule has 0 spiro atoms. The predicted molar refractivity (Wildman–Crippen MR) is 118 cm³/mol. The highest BCUT2D eigenvalue weighted by Gasteiger charge is 2.42. The Bertz CT molecular complexity index is 1240. The molecule has 0 saturated carbocycles. The summed E-state index contributed by atoms with van der Waals surface area (Å²) >= 11 is 0.521. The number of thioether (sulfide) groups is 1. The average molecular weight is 497 g/mol. The molecule has 1 heterocycles. The lowest BCUT2D eigenvalue weighted by atomic mass is 9.91. The number of aromatic nitrogens is 1. The van der Waals surface area contributed by atoms with E-state index in [1.165, 1.54) is 0 Å². The highest BCUT2D eigenvalue weighted by Crippen LogP contribution is 2.41. The quantitative estimate of drug-likeness (QED) is 0.206.